The molecule has 2 amide bonds. The van der Waals surface area contributed by atoms with Gasteiger partial charge in [0.1, 0.15) is 11.3 Å². The minimum absolute atomic E-state index is 0.0859. The molecule has 232 valence electrons. The topological polar surface area (TPSA) is 133 Å². The van der Waals surface area contributed by atoms with E-state index < -0.39 is 36.0 Å². The van der Waals surface area contributed by atoms with Crippen LogP contribution in [0.15, 0.2) is 97.1 Å². The van der Waals surface area contributed by atoms with Crippen molar-refractivity contribution in [3.05, 3.63) is 114 Å². The molecule has 5 N–H and O–H groups in total. The average Bonchev–Trinajstić information content (AvgIpc) is 3.00. The Bertz CT molecular complexity index is 1490. The lowest BCUT2D eigenvalue weighted by Crippen LogP contribution is -2.52. The number of carbonyl (C=O) groups is 2. The Morgan fingerprint density at radius 1 is 0.727 bits per heavy atom. The average molecular weight is 599 g/mol. The van der Waals surface area contributed by atoms with Crippen LogP contribution in [-0.2, 0) is 17.6 Å². The Labute approximate surface area is 258 Å². The Balaban J connectivity index is 1.41. The Morgan fingerprint density at radius 2 is 1.25 bits per heavy atom. The summed E-state index contributed by atoms with van der Waals surface area (Å²) in [6.07, 6.45) is -1.82. The third-order valence-corrected chi connectivity index (χ3v) is 7.08. The molecule has 0 saturated carbocycles. The molecular weight excluding hydrogens is 556 g/mol. The monoisotopic (exact) mass is 598 g/mol. The van der Waals surface area contributed by atoms with Crippen molar-refractivity contribution in [1.29, 1.82) is 0 Å². The molecule has 4 atom stereocenters. The maximum absolute atomic E-state index is 13.2. The van der Waals surface area contributed by atoms with Crippen molar-refractivity contribution in [2.75, 3.05) is 13.1 Å². The van der Waals surface area contributed by atoms with E-state index in [2.05, 4.69) is 20.9 Å². The number of hydrogen-bond donors (Lipinski definition) is 5. The maximum atomic E-state index is 13.2. The van der Waals surface area contributed by atoms with Crippen molar-refractivity contribution in [1.82, 2.24) is 20.9 Å². The van der Waals surface area contributed by atoms with Crippen LogP contribution < -0.4 is 16.0 Å². The van der Waals surface area contributed by atoms with E-state index in [1.165, 1.54) is 0 Å². The minimum Gasteiger partial charge on any atom is -0.444 e. The molecule has 1 unspecified atom stereocenters. The molecule has 4 aromatic rings. The van der Waals surface area contributed by atoms with Gasteiger partial charge in [-0.15, -0.1) is 0 Å². The molecule has 0 spiro atoms. The number of ether oxygens (including phenoxy) is 1. The van der Waals surface area contributed by atoms with E-state index in [0.717, 1.165) is 16.5 Å². The van der Waals surface area contributed by atoms with Gasteiger partial charge in [0.15, 0.2) is 0 Å². The number of para-hydroxylation sites is 1. The van der Waals surface area contributed by atoms with Crippen molar-refractivity contribution in [3.8, 4) is 0 Å². The summed E-state index contributed by atoms with van der Waals surface area (Å²) in [5.74, 6) is -0.389. The first kappa shape index (κ1) is 32.6. The van der Waals surface area contributed by atoms with Gasteiger partial charge in [-0.25, -0.2) is 9.78 Å². The number of amides is 2. The number of rotatable bonds is 13. The van der Waals surface area contributed by atoms with Crippen molar-refractivity contribution in [2.24, 2.45) is 0 Å². The van der Waals surface area contributed by atoms with Crippen LogP contribution in [0.1, 0.15) is 42.4 Å². The summed E-state index contributed by atoms with van der Waals surface area (Å²) in [7, 11) is 0. The van der Waals surface area contributed by atoms with Crippen LogP contribution in [-0.4, -0.2) is 70.2 Å². The van der Waals surface area contributed by atoms with Gasteiger partial charge < -0.3 is 30.9 Å². The minimum atomic E-state index is -0.988. The summed E-state index contributed by atoms with van der Waals surface area (Å²) >= 11 is 0. The van der Waals surface area contributed by atoms with Crippen LogP contribution in [0.25, 0.3) is 10.9 Å². The molecule has 4 rings (SSSR count). The van der Waals surface area contributed by atoms with Crippen LogP contribution in [0.2, 0.25) is 0 Å². The zero-order valence-corrected chi connectivity index (χ0v) is 25.4. The lowest BCUT2D eigenvalue weighted by molar-refractivity contribution is 0.0416. The molecule has 0 radical (unpaired) electrons. The first-order valence-electron chi connectivity index (χ1n) is 14.9. The lowest BCUT2D eigenvalue weighted by Gasteiger charge is -2.28. The van der Waals surface area contributed by atoms with E-state index in [1.54, 1.807) is 26.8 Å². The summed E-state index contributed by atoms with van der Waals surface area (Å²) in [5.41, 5.74) is 2.18. The quantitative estimate of drug-likeness (QED) is 0.157. The second-order valence-electron chi connectivity index (χ2n) is 11.9. The van der Waals surface area contributed by atoms with Crippen molar-refractivity contribution >= 4 is 22.9 Å². The molecule has 0 aliphatic carbocycles. The number of benzene rings is 3. The Hall–Kier alpha value is -4.31. The van der Waals surface area contributed by atoms with Crippen LogP contribution >= 0.6 is 0 Å². The zero-order chi connectivity index (χ0) is 31.5. The van der Waals surface area contributed by atoms with Gasteiger partial charge >= 0.3 is 6.09 Å². The van der Waals surface area contributed by atoms with Crippen molar-refractivity contribution in [2.45, 2.75) is 63.5 Å². The number of aliphatic hydroxyl groups is 2. The van der Waals surface area contributed by atoms with E-state index in [-0.39, 0.29) is 24.7 Å². The molecule has 0 bridgehead atoms. The standard InChI is InChI=1S/C35H42N4O5/c1-35(2,3)44-34(43)39-30(21-25-14-8-5-9-15-25)32(41)23-36-22-31(40)29(20-24-12-6-4-7-13-24)38-33(42)28-19-18-26-16-10-11-17-27(26)37-28/h4-19,29-32,36,40-41H,20-23H2,1-3H3,(H,38,42)(H,39,43)/t29-,30+,31?,32+/m1/s1. The number of nitrogens with zero attached hydrogens (tertiary/aromatic N) is 1. The highest BCUT2D eigenvalue weighted by Crippen LogP contribution is 2.14. The van der Waals surface area contributed by atoms with Gasteiger partial charge in [0.2, 0.25) is 0 Å². The number of aromatic nitrogens is 1. The number of alkyl carbamates (subject to hydrolysis) is 1. The highest BCUT2D eigenvalue weighted by Gasteiger charge is 2.27. The molecule has 1 heterocycles. The summed E-state index contributed by atoms with van der Waals surface area (Å²) < 4.78 is 5.42. The molecule has 0 aliphatic rings. The second-order valence-corrected chi connectivity index (χ2v) is 11.9. The van der Waals surface area contributed by atoms with Gasteiger partial charge in [0.05, 0.1) is 29.8 Å². The third-order valence-electron chi connectivity index (χ3n) is 7.08. The van der Waals surface area contributed by atoms with Gasteiger partial charge in [-0.2, -0.15) is 0 Å². The van der Waals surface area contributed by atoms with Crippen LogP contribution in [0.4, 0.5) is 4.79 Å². The molecule has 1 aromatic heterocycles. The molecule has 9 heteroatoms. The first-order chi connectivity index (χ1) is 21.1. The fourth-order valence-electron chi connectivity index (χ4n) is 4.86. The van der Waals surface area contributed by atoms with Gasteiger partial charge in [-0.05, 0) is 56.9 Å². The van der Waals surface area contributed by atoms with Gasteiger partial charge in [0.25, 0.3) is 5.91 Å². The lowest BCUT2D eigenvalue weighted by atomic mass is 9.99. The summed E-state index contributed by atoms with van der Waals surface area (Å²) in [4.78, 5) is 30.3. The van der Waals surface area contributed by atoms with E-state index in [4.69, 9.17) is 4.74 Å². The van der Waals surface area contributed by atoms with E-state index in [1.807, 2.05) is 91.0 Å². The molecule has 9 nitrogen and oxygen atoms in total. The highest BCUT2D eigenvalue weighted by atomic mass is 16.6. The summed E-state index contributed by atoms with van der Waals surface area (Å²) in [6.45, 7) is 5.50. The Morgan fingerprint density at radius 3 is 1.82 bits per heavy atom. The zero-order valence-electron chi connectivity index (χ0n) is 25.4. The fraction of sp³-hybridized carbons (Fsp3) is 0.343. The van der Waals surface area contributed by atoms with Gasteiger partial charge in [-0.1, -0.05) is 84.9 Å². The predicted molar refractivity (Wildman–Crippen MR) is 171 cm³/mol. The Kier molecular flexibility index (Phi) is 11.4. The van der Waals surface area contributed by atoms with E-state index in [9.17, 15) is 19.8 Å². The SMILES string of the molecule is CC(C)(C)OC(=O)N[C@@H](Cc1ccccc1)[C@@H](O)CNCC(O)[C@@H](Cc1ccccc1)NC(=O)c1ccc2ccccc2n1. The van der Waals surface area contributed by atoms with E-state index >= 15 is 0 Å². The number of hydrogen-bond acceptors (Lipinski definition) is 7. The van der Waals surface area contributed by atoms with Crippen LogP contribution in [0.3, 0.4) is 0 Å². The number of carbonyl (C=O) groups excluding carboxylic acids is 2. The molecule has 0 aliphatic heterocycles. The number of pyridine rings is 1. The number of fused-ring (bicyclic) bond motifs is 1. The molecule has 44 heavy (non-hydrogen) atoms. The summed E-state index contributed by atoms with van der Waals surface area (Å²) in [6, 6.07) is 28.9. The van der Waals surface area contributed by atoms with Crippen LogP contribution in [0.5, 0.6) is 0 Å². The van der Waals surface area contributed by atoms with E-state index in [0.29, 0.717) is 18.4 Å². The van der Waals surface area contributed by atoms with Crippen molar-refractivity contribution in [3.63, 3.8) is 0 Å². The number of nitrogens with one attached hydrogen (secondary N) is 3. The summed E-state index contributed by atoms with van der Waals surface area (Å²) in [5, 5.41) is 32.1. The highest BCUT2D eigenvalue weighted by molar-refractivity contribution is 5.95. The second kappa shape index (κ2) is 15.4. The van der Waals surface area contributed by atoms with Crippen molar-refractivity contribution < 1.29 is 24.5 Å². The molecule has 3 aromatic carbocycles. The molecule has 0 saturated heterocycles. The van der Waals surface area contributed by atoms with Crippen LogP contribution in [0, 0.1) is 0 Å². The van der Waals surface area contributed by atoms with Gasteiger partial charge in [-0.3, -0.25) is 4.79 Å². The molecule has 0 fully saturated rings. The first-order valence-corrected chi connectivity index (χ1v) is 14.9. The predicted octanol–water partition coefficient (Wildman–Crippen LogP) is 4.02. The smallest absolute Gasteiger partial charge is 0.407 e. The molecular formula is C35H42N4O5. The maximum Gasteiger partial charge on any atom is 0.407 e. The largest absolute Gasteiger partial charge is 0.444 e. The normalized spacial score (nSPS) is 14.3. The van der Waals surface area contributed by atoms with Gasteiger partial charge in [0, 0.05) is 18.5 Å². The number of aliphatic hydroxyl groups excluding tert-OH is 2. The third kappa shape index (κ3) is 10.2. The fourth-order valence-corrected chi connectivity index (χ4v) is 4.86.